The van der Waals surface area contributed by atoms with E-state index >= 15 is 0 Å². The number of carbonyl (C=O) groups excluding carboxylic acids is 1. The van der Waals surface area contributed by atoms with Gasteiger partial charge in [0.25, 0.3) is 0 Å². The van der Waals surface area contributed by atoms with Crippen molar-refractivity contribution >= 4 is 23.4 Å². The van der Waals surface area contributed by atoms with Gasteiger partial charge in [-0.2, -0.15) is 0 Å². The van der Waals surface area contributed by atoms with Crippen LogP contribution in [0.25, 0.3) is 0 Å². The van der Waals surface area contributed by atoms with Crippen LogP contribution in [-0.2, 0) is 4.74 Å². The lowest BCUT2D eigenvalue weighted by atomic mass is 9.75. The number of hydrogen-bond acceptors (Lipinski definition) is 2. The average molecular weight is 310 g/mol. The molecule has 116 valence electrons. The lowest BCUT2D eigenvalue weighted by Gasteiger charge is -2.36. The van der Waals surface area contributed by atoms with Crippen LogP contribution in [0.3, 0.4) is 0 Å². The molecule has 0 aromatic heterocycles. The minimum atomic E-state index is -0.387. The first-order valence-corrected chi connectivity index (χ1v) is 8.06. The van der Waals surface area contributed by atoms with Crippen LogP contribution in [-0.4, -0.2) is 12.2 Å². The lowest BCUT2D eigenvalue weighted by molar-refractivity contribution is 0.0126. The maximum atomic E-state index is 12.1. The van der Waals surface area contributed by atoms with E-state index in [4.69, 9.17) is 16.3 Å². The Hall–Kier alpha value is -1.22. The molecule has 0 unspecified atom stereocenters. The minimum Gasteiger partial charge on any atom is -0.446 e. The van der Waals surface area contributed by atoms with E-state index in [-0.39, 0.29) is 12.2 Å². The van der Waals surface area contributed by atoms with Gasteiger partial charge in [0.15, 0.2) is 0 Å². The van der Waals surface area contributed by atoms with Crippen molar-refractivity contribution in [2.45, 2.75) is 46.1 Å². The van der Waals surface area contributed by atoms with Gasteiger partial charge in [0.1, 0.15) is 6.10 Å². The first kappa shape index (κ1) is 16.2. The largest absolute Gasteiger partial charge is 0.446 e. The molecule has 4 heteroatoms. The highest BCUT2D eigenvalue weighted by Crippen LogP contribution is 2.35. The third-order valence-corrected chi connectivity index (χ3v) is 4.53. The molecule has 2 rings (SSSR count). The molecule has 1 N–H and O–H groups in total. The second-order valence-corrected chi connectivity index (χ2v) is 6.84. The van der Waals surface area contributed by atoms with Gasteiger partial charge in [-0.05, 0) is 48.8 Å². The van der Waals surface area contributed by atoms with E-state index in [2.05, 4.69) is 26.1 Å². The van der Waals surface area contributed by atoms with Crippen LogP contribution in [0.2, 0.25) is 5.02 Å². The zero-order chi connectivity index (χ0) is 15.4. The number of ether oxygens (including phenoxy) is 1. The fraction of sp³-hybridized carbons (Fsp3) is 0.588. The Morgan fingerprint density at radius 3 is 2.81 bits per heavy atom. The average Bonchev–Trinajstić information content (AvgIpc) is 2.38. The molecule has 1 fully saturated rings. The van der Waals surface area contributed by atoms with E-state index in [1.807, 2.05) is 0 Å². The maximum absolute atomic E-state index is 12.1. The monoisotopic (exact) mass is 309 g/mol. The molecule has 1 aromatic carbocycles. The molecule has 1 aromatic rings. The molecule has 21 heavy (non-hydrogen) atoms. The quantitative estimate of drug-likeness (QED) is 0.817. The number of carbonyl (C=O) groups is 1. The Labute approximate surface area is 132 Å². The Morgan fingerprint density at radius 2 is 2.14 bits per heavy atom. The number of anilines is 1. The predicted molar refractivity (Wildman–Crippen MR) is 86.7 cm³/mol. The van der Waals surface area contributed by atoms with Crippen LogP contribution in [0.4, 0.5) is 10.5 Å². The third-order valence-electron chi connectivity index (χ3n) is 4.29. The van der Waals surface area contributed by atoms with Crippen molar-refractivity contribution < 1.29 is 9.53 Å². The van der Waals surface area contributed by atoms with Gasteiger partial charge in [0, 0.05) is 10.7 Å². The summed E-state index contributed by atoms with van der Waals surface area (Å²) in [7, 11) is 0. The summed E-state index contributed by atoms with van der Waals surface area (Å²) < 4.78 is 5.69. The summed E-state index contributed by atoms with van der Waals surface area (Å²) in [5, 5.41) is 3.36. The van der Waals surface area contributed by atoms with E-state index < -0.39 is 0 Å². The molecule has 3 atom stereocenters. The molecule has 0 saturated heterocycles. The standard InChI is InChI=1S/C17H24ClNO2/c1-11(2)15-8-7-12(3)9-16(15)21-17(20)19-14-6-4-5-13(18)10-14/h4-6,10-12,15-16H,7-9H2,1-3H3,(H,19,20)/t12-,15+,16-/m1/s1. The van der Waals surface area contributed by atoms with Gasteiger partial charge in [-0.3, -0.25) is 5.32 Å². The van der Waals surface area contributed by atoms with E-state index in [9.17, 15) is 4.79 Å². The summed E-state index contributed by atoms with van der Waals surface area (Å²) in [4.78, 5) is 12.1. The molecule has 1 amide bonds. The molecule has 0 radical (unpaired) electrons. The van der Waals surface area contributed by atoms with Crippen LogP contribution in [0.5, 0.6) is 0 Å². The van der Waals surface area contributed by atoms with Crippen LogP contribution in [0.1, 0.15) is 40.0 Å². The summed E-state index contributed by atoms with van der Waals surface area (Å²) >= 11 is 5.91. The molecule has 3 nitrogen and oxygen atoms in total. The second-order valence-electron chi connectivity index (χ2n) is 6.41. The third kappa shape index (κ3) is 4.63. The van der Waals surface area contributed by atoms with Gasteiger partial charge >= 0.3 is 6.09 Å². The zero-order valence-corrected chi connectivity index (χ0v) is 13.7. The molecule has 1 aliphatic rings. The topological polar surface area (TPSA) is 38.3 Å². The van der Waals surface area contributed by atoms with Crippen molar-refractivity contribution in [1.82, 2.24) is 0 Å². The van der Waals surface area contributed by atoms with Gasteiger partial charge in [-0.15, -0.1) is 0 Å². The predicted octanol–water partition coefficient (Wildman–Crippen LogP) is 5.35. The van der Waals surface area contributed by atoms with Crippen LogP contribution in [0.15, 0.2) is 24.3 Å². The summed E-state index contributed by atoms with van der Waals surface area (Å²) in [6, 6.07) is 7.09. The van der Waals surface area contributed by atoms with Crippen molar-refractivity contribution in [3.8, 4) is 0 Å². The fourth-order valence-corrected chi connectivity index (χ4v) is 3.29. The number of amides is 1. The summed E-state index contributed by atoms with van der Waals surface area (Å²) in [6.45, 7) is 6.62. The van der Waals surface area contributed by atoms with Gasteiger partial charge in [-0.25, -0.2) is 4.79 Å². The van der Waals surface area contributed by atoms with Crippen LogP contribution in [0, 0.1) is 17.8 Å². The van der Waals surface area contributed by atoms with E-state index in [0.717, 1.165) is 12.8 Å². The molecule has 1 saturated carbocycles. The summed E-state index contributed by atoms with van der Waals surface area (Å²) in [5.74, 6) is 1.59. The molecule has 0 spiro atoms. The normalized spacial score (nSPS) is 25.7. The Bertz CT molecular complexity index is 489. The summed E-state index contributed by atoms with van der Waals surface area (Å²) in [6.07, 6.45) is 2.92. The first-order valence-electron chi connectivity index (χ1n) is 7.69. The van der Waals surface area contributed by atoms with E-state index in [1.54, 1.807) is 24.3 Å². The smallest absolute Gasteiger partial charge is 0.411 e. The van der Waals surface area contributed by atoms with Crippen molar-refractivity contribution in [1.29, 1.82) is 0 Å². The molecule has 0 heterocycles. The molecule has 0 aliphatic heterocycles. The second kappa shape index (κ2) is 7.17. The van der Waals surface area contributed by atoms with E-state index in [1.165, 1.54) is 6.42 Å². The van der Waals surface area contributed by atoms with E-state index in [0.29, 0.717) is 28.5 Å². The number of benzene rings is 1. The van der Waals surface area contributed by atoms with Crippen LogP contribution >= 0.6 is 11.6 Å². The number of nitrogens with one attached hydrogen (secondary N) is 1. The van der Waals surface area contributed by atoms with Crippen molar-refractivity contribution in [3.63, 3.8) is 0 Å². The lowest BCUT2D eigenvalue weighted by Crippen LogP contribution is -2.36. The zero-order valence-electron chi connectivity index (χ0n) is 12.9. The van der Waals surface area contributed by atoms with Gasteiger partial charge in [0.05, 0.1) is 0 Å². The SMILES string of the molecule is CC(C)[C@@H]1CC[C@@H](C)C[C@H]1OC(=O)Nc1cccc(Cl)c1. The van der Waals surface area contributed by atoms with Gasteiger partial charge in [0.2, 0.25) is 0 Å². The Morgan fingerprint density at radius 1 is 1.38 bits per heavy atom. The van der Waals surface area contributed by atoms with Gasteiger partial charge in [-0.1, -0.05) is 44.9 Å². The Kier molecular flexibility index (Phi) is 5.51. The number of rotatable bonds is 3. The minimum absolute atomic E-state index is 0.00735. The summed E-state index contributed by atoms with van der Waals surface area (Å²) in [5.41, 5.74) is 0.664. The number of hydrogen-bond donors (Lipinski definition) is 1. The first-order chi connectivity index (χ1) is 9.95. The van der Waals surface area contributed by atoms with Crippen molar-refractivity contribution in [2.75, 3.05) is 5.32 Å². The highest BCUT2D eigenvalue weighted by atomic mass is 35.5. The Balaban J connectivity index is 1.96. The maximum Gasteiger partial charge on any atom is 0.411 e. The molecule has 0 bridgehead atoms. The van der Waals surface area contributed by atoms with Crippen molar-refractivity contribution in [2.24, 2.45) is 17.8 Å². The number of halogens is 1. The molecular formula is C17H24ClNO2. The van der Waals surface area contributed by atoms with Crippen molar-refractivity contribution in [3.05, 3.63) is 29.3 Å². The van der Waals surface area contributed by atoms with Crippen LogP contribution < -0.4 is 5.32 Å². The highest BCUT2D eigenvalue weighted by molar-refractivity contribution is 6.30. The highest BCUT2D eigenvalue weighted by Gasteiger charge is 2.33. The fourth-order valence-electron chi connectivity index (χ4n) is 3.10. The molecule has 1 aliphatic carbocycles. The molecular weight excluding hydrogens is 286 g/mol. The van der Waals surface area contributed by atoms with Gasteiger partial charge < -0.3 is 4.74 Å².